The van der Waals surface area contributed by atoms with Gasteiger partial charge in [-0.05, 0) is 60.9 Å². The van der Waals surface area contributed by atoms with Crippen LogP contribution in [0.5, 0.6) is 5.75 Å². The van der Waals surface area contributed by atoms with Crippen LogP contribution in [-0.4, -0.2) is 10.9 Å². The SMILES string of the molecule is Cc1cc(C=CC(=O)c2cccc(Br)c2)cc(C)c1O. The highest BCUT2D eigenvalue weighted by Gasteiger charge is 2.04. The van der Waals surface area contributed by atoms with Crippen LogP contribution < -0.4 is 0 Å². The maximum Gasteiger partial charge on any atom is 0.185 e. The van der Waals surface area contributed by atoms with Crippen LogP contribution in [0.3, 0.4) is 0 Å². The lowest BCUT2D eigenvalue weighted by molar-refractivity contribution is 0.104. The van der Waals surface area contributed by atoms with Gasteiger partial charge in [-0.3, -0.25) is 4.79 Å². The molecule has 0 amide bonds. The second-order valence-corrected chi connectivity index (χ2v) is 5.63. The second kappa shape index (κ2) is 6.06. The summed E-state index contributed by atoms with van der Waals surface area (Å²) in [5, 5.41) is 9.72. The summed E-state index contributed by atoms with van der Waals surface area (Å²) in [6.45, 7) is 3.69. The number of halogens is 1. The van der Waals surface area contributed by atoms with Gasteiger partial charge in [-0.25, -0.2) is 0 Å². The topological polar surface area (TPSA) is 37.3 Å². The third-order valence-corrected chi connectivity index (χ3v) is 3.54. The van der Waals surface area contributed by atoms with Crippen LogP contribution in [0.1, 0.15) is 27.0 Å². The Bertz CT molecular complexity index is 664. The van der Waals surface area contributed by atoms with E-state index < -0.39 is 0 Å². The highest BCUT2D eigenvalue weighted by molar-refractivity contribution is 9.10. The summed E-state index contributed by atoms with van der Waals surface area (Å²) in [6, 6.07) is 11.0. The van der Waals surface area contributed by atoms with Crippen molar-refractivity contribution in [2.24, 2.45) is 0 Å². The van der Waals surface area contributed by atoms with E-state index in [9.17, 15) is 9.90 Å². The van der Waals surface area contributed by atoms with Crippen LogP contribution in [0.15, 0.2) is 46.9 Å². The molecule has 1 N–H and O–H groups in total. The summed E-state index contributed by atoms with van der Waals surface area (Å²) >= 11 is 3.35. The second-order valence-electron chi connectivity index (χ2n) is 4.71. The fourth-order valence-electron chi connectivity index (χ4n) is 2.00. The number of carbonyl (C=O) groups excluding carboxylic acids is 1. The number of carbonyl (C=O) groups is 1. The first kappa shape index (κ1) is 14.5. The maximum absolute atomic E-state index is 12.0. The van der Waals surface area contributed by atoms with Gasteiger partial charge in [-0.1, -0.05) is 34.1 Å². The van der Waals surface area contributed by atoms with Gasteiger partial charge in [-0.2, -0.15) is 0 Å². The van der Waals surface area contributed by atoms with Crippen LogP contribution in [0.4, 0.5) is 0 Å². The minimum Gasteiger partial charge on any atom is -0.507 e. The van der Waals surface area contributed by atoms with Crippen molar-refractivity contribution in [1.29, 1.82) is 0 Å². The molecule has 2 nitrogen and oxygen atoms in total. The number of phenols is 1. The molecule has 0 aromatic heterocycles. The molecule has 0 fully saturated rings. The lowest BCUT2D eigenvalue weighted by Crippen LogP contribution is -1.93. The fourth-order valence-corrected chi connectivity index (χ4v) is 2.39. The summed E-state index contributed by atoms with van der Waals surface area (Å²) < 4.78 is 0.882. The molecule has 0 saturated heterocycles. The zero-order valence-corrected chi connectivity index (χ0v) is 12.9. The van der Waals surface area contributed by atoms with Crippen molar-refractivity contribution in [3.63, 3.8) is 0 Å². The Kier molecular flexibility index (Phi) is 4.40. The van der Waals surface area contributed by atoms with Gasteiger partial charge < -0.3 is 5.11 Å². The predicted octanol–water partition coefficient (Wildman–Crippen LogP) is 4.67. The maximum atomic E-state index is 12.0. The van der Waals surface area contributed by atoms with E-state index in [-0.39, 0.29) is 5.78 Å². The molecule has 0 heterocycles. The van der Waals surface area contributed by atoms with Crippen LogP contribution >= 0.6 is 15.9 Å². The molecule has 2 aromatic rings. The predicted molar refractivity (Wildman–Crippen MR) is 85.1 cm³/mol. The normalized spacial score (nSPS) is 10.9. The van der Waals surface area contributed by atoms with Gasteiger partial charge in [-0.15, -0.1) is 0 Å². The first-order valence-electron chi connectivity index (χ1n) is 6.25. The Hall–Kier alpha value is -1.87. The number of benzene rings is 2. The molecule has 0 spiro atoms. The number of hydrogen-bond acceptors (Lipinski definition) is 2. The molecular formula is C17H15BrO2. The average molecular weight is 331 g/mol. The van der Waals surface area contributed by atoms with E-state index in [4.69, 9.17) is 0 Å². The van der Waals surface area contributed by atoms with E-state index in [1.165, 1.54) is 0 Å². The molecule has 20 heavy (non-hydrogen) atoms. The number of ketones is 1. The summed E-state index contributed by atoms with van der Waals surface area (Å²) in [4.78, 5) is 12.0. The first-order chi connectivity index (χ1) is 9.47. The van der Waals surface area contributed by atoms with Gasteiger partial charge in [0.25, 0.3) is 0 Å². The van der Waals surface area contributed by atoms with E-state index in [0.717, 1.165) is 21.2 Å². The van der Waals surface area contributed by atoms with Crippen LogP contribution in [0.2, 0.25) is 0 Å². The number of aromatic hydroxyl groups is 1. The van der Waals surface area contributed by atoms with Crippen molar-refractivity contribution in [3.8, 4) is 5.75 Å². The number of rotatable bonds is 3. The van der Waals surface area contributed by atoms with Crippen molar-refractivity contribution in [2.45, 2.75) is 13.8 Å². The van der Waals surface area contributed by atoms with E-state index in [2.05, 4.69) is 15.9 Å². The Morgan fingerprint density at radius 3 is 2.40 bits per heavy atom. The van der Waals surface area contributed by atoms with Gasteiger partial charge in [0.1, 0.15) is 5.75 Å². The Morgan fingerprint density at radius 2 is 1.80 bits per heavy atom. The van der Waals surface area contributed by atoms with Crippen molar-refractivity contribution in [2.75, 3.05) is 0 Å². The zero-order valence-electron chi connectivity index (χ0n) is 11.4. The molecule has 102 valence electrons. The number of allylic oxidation sites excluding steroid dienone is 1. The Balaban J connectivity index is 2.23. The van der Waals surface area contributed by atoms with E-state index >= 15 is 0 Å². The summed E-state index contributed by atoms with van der Waals surface area (Å²) in [7, 11) is 0. The summed E-state index contributed by atoms with van der Waals surface area (Å²) in [5.74, 6) is 0.259. The third-order valence-electron chi connectivity index (χ3n) is 3.05. The number of aryl methyl sites for hydroxylation is 2. The Labute approximate surface area is 126 Å². The molecule has 3 heteroatoms. The molecule has 0 aliphatic rings. The monoisotopic (exact) mass is 330 g/mol. The molecule has 0 aliphatic heterocycles. The Morgan fingerprint density at radius 1 is 1.15 bits per heavy atom. The molecule has 0 bridgehead atoms. The van der Waals surface area contributed by atoms with Gasteiger partial charge in [0.2, 0.25) is 0 Å². The molecule has 2 rings (SSSR count). The van der Waals surface area contributed by atoms with Gasteiger partial charge in [0.05, 0.1) is 0 Å². The third kappa shape index (κ3) is 3.36. The van der Waals surface area contributed by atoms with Crippen molar-refractivity contribution >= 4 is 27.8 Å². The highest BCUT2D eigenvalue weighted by atomic mass is 79.9. The van der Waals surface area contributed by atoms with E-state index in [1.54, 1.807) is 24.3 Å². The minimum absolute atomic E-state index is 0.0466. The lowest BCUT2D eigenvalue weighted by atomic mass is 10.0. The minimum atomic E-state index is -0.0466. The molecule has 0 radical (unpaired) electrons. The fraction of sp³-hybridized carbons (Fsp3) is 0.118. The van der Waals surface area contributed by atoms with Crippen molar-refractivity contribution < 1.29 is 9.90 Å². The largest absolute Gasteiger partial charge is 0.507 e. The first-order valence-corrected chi connectivity index (χ1v) is 7.05. The number of phenolic OH excluding ortho intramolecular Hbond substituents is 1. The molecular weight excluding hydrogens is 316 g/mol. The van der Waals surface area contributed by atoms with Crippen LogP contribution in [-0.2, 0) is 0 Å². The van der Waals surface area contributed by atoms with Crippen molar-refractivity contribution in [1.82, 2.24) is 0 Å². The van der Waals surface area contributed by atoms with Crippen LogP contribution in [0, 0.1) is 13.8 Å². The van der Waals surface area contributed by atoms with Gasteiger partial charge >= 0.3 is 0 Å². The lowest BCUT2D eigenvalue weighted by Gasteiger charge is -2.04. The molecule has 0 atom stereocenters. The van der Waals surface area contributed by atoms with Gasteiger partial charge in [0, 0.05) is 10.0 Å². The number of hydrogen-bond donors (Lipinski definition) is 1. The van der Waals surface area contributed by atoms with Crippen molar-refractivity contribution in [3.05, 3.63) is 69.2 Å². The summed E-state index contributed by atoms with van der Waals surface area (Å²) in [5.41, 5.74) is 3.16. The smallest absolute Gasteiger partial charge is 0.185 e. The van der Waals surface area contributed by atoms with E-state index in [1.807, 2.05) is 38.1 Å². The quantitative estimate of drug-likeness (QED) is 0.656. The summed E-state index contributed by atoms with van der Waals surface area (Å²) in [6.07, 6.45) is 3.32. The highest BCUT2D eigenvalue weighted by Crippen LogP contribution is 2.23. The average Bonchev–Trinajstić information content (AvgIpc) is 2.42. The standard InChI is InChI=1S/C17H15BrO2/c1-11-8-13(9-12(2)17(11)20)6-7-16(19)14-4-3-5-15(18)10-14/h3-10,20H,1-2H3. The molecule has 2 aromatic carbocycles. The van der Waals surface area contributed by atoms with Crippen LogP contribution in [0.25, 0.3) is 6.08 Å². The zero-order chi connectivity index (χ0) is 14.7. The molecule has 0 saturated carbocycles. The van der Waals surface area contributed by atoms with E-state index in [0.29, 0.717) is 11.3 Å². The van der Waals surface area contributed by atoms with Gasteiger partial charge in [0.15, 0.2) is 5.78 Å². The molecule has 0 unspecified atom stereocenters. The molecule has 0 aliphatic carbocycles.